The van der Waals surface area contributed by atoms with Gasteiger partial charge in [-0.25, -0.2) is 9.76 Å². The molecule has 2 atom stereocenters. The Kier molecular flexibility index (Phi) is 11.4. The van der Waals surface area contributed by atoms with Crippen molar-refractivity contribution >= 4 is 24.4 Å². The minimum absolute atomic E-state index is 0.309. The van der Waals surface area contributed by atoms with Crippen LogP contribution < -0.4 is 14.3 Å². The first kappa shape index (κ1) is 25.4. The zero-order valence-corrected chi connectivity index (χ0v) is 21.5. The minimum Gasteiger partial charge on any atom is -0.465 e. The summed E-state index contributed by atoms with van der Waals surface area (Å²) in [5.74, 6) is 2.14. The molecule has 168 valence electrons. The number of hydrogen-bond acceptors (Lipinski definition) is 4. The van der Waals surface area contributed by atoms with Crippen molar-refractivity contribution in [3.05, 3.63) is 47.7 Å². The van der Waals surface area contributed by atoms with Gasteiger partial charge < -0.3 is 9.26 Å². The van der Waals surface area contributed by atoms with Crippen LogP contribution in [-0.2, 0) is 6.42 Å². The van der Waals surface area contributed by atoms with Gasteiger partial charge in [-0.15, -0.1) is 0 Å². The molecule has 1 aromatic rings. The van der Waals surface area contributed by atoms with E-state index in [9.17, 15) is 0 Å². The maximum atomic E-state index is 6.65. The molecule has 0 bridgehead atoms. The Hall–Kier alpha value is -0.870. The van der Waals surface area contributed by atoms with Gasteiger partial charge in [0.1, 0.15) is 11.5 Å². The smallest absolute Gasteiger partial charge is 0.244 e. The highest BCUT2D eigenvalue weighted by atomic mass is 79.9. The third-order valence-corrected chi connectivity index (χ3v) is 7.26. The summed E-state index contributed by atoms with van der Waals surface area (Å²) in [6, 6.07) is 4.44. The highest BCUT2D eigenvalue weighted by molar-refractivity contribution is 9.09. The zero-order valence-electron chi connectivity index (χ0n) is 19.0. The van der Waals surface area contributed by atoms with Crippen molar-refractivity contribution in [2.45, 2.75) is 64.7 Å². The van der Waals surface area contributed by atoms with Crippen LogP contribution in [0.5, 0.6) is 11.5 Å². The van der Waals surface area contributed by atoms with E-state index in [1.165, 1.54) is 49.5 Å². The highest BCUT2D eigenvalue weighted by Gasteiger charge is 2.26. The fourth-order valence-electron chi connectivity index (χ4n) is 3.83. The summed E-state index contributed by atoms with van der Waals surface area (Å²) in [6.45, 7) is 9.14. The molecular weight excluding hydrogens is 459 g/mol. The lowest BCUT2D eigenvalue weighted by molar-refractivity contribution is 0.454. The first-order valence-corrected chi connectivity index (χ1v) is 13.4. The van der Waals surface area contributed by atoms with Gasteiger partial charge >= 0.3 is 0 Å². The molecule has 0 aliphatic heterocycles. The van der Waals surface area contributed by atoms with Crippen LogP contribution in [0.15, 0.2) is 36.6 Å². The monoisotopic (exact) mass is 496 g/mol. The number of rotatable bonds is 13. The molecule has 4 nitrogen and oxygen atoms in total. The molecule has 0 fully saturated rings. The number of nitrogens with zero attached hydrogens (tertiary/aromatic N) is 1. The molecule has 0 spiro atoms. The second kappa shape index (κ2) is 13.5. The lowest BCUT2D eigenvalue weighted by Gasteiger charge is -2.29. The van der Waals surface area contributed by atoms with E-state index in [2.05, 4.69) is 78.4 Å². The maximum Gasteiger partial charge on any atom is 0.244 e. The van der Waals surface area contributed by atoms with Gasteiger partial charge in [-0.2, -0.15) is 0 Å². The van der Waals surface area contributed by atoms with Crippen molar-refractivity contribution in [2.24, 2.45) is 0 Å². The van der Waals surface area contributed by atoms with E-state index >= 15 is 0 Å². The molecule has 6 heteroatoms. The van der Waals surface area contributed by atoms with E-state index in [-0.39, 0.29) is 0 Å². The summed E-state index contributed by atoms with van der Waals surface area (Å²) < 4.78 is 14.7. The van der Waals surface area contributed by atoms with Crippen LogP contribution in [0.4, 0.5) is 0 Å². The largest absolute Gasteiger partial charge is 0.465 e. The number of alkyl halides is 1. The first-order chi connectivity index (χ1) is 14.5. The van der Waals surface area contributed by atoms with E-state index in [4.69, 9.17) is 9.26 Å². The molecule has 1 unspecified atom stereocenters. The van der Waals surface area contributed by atoms with Crippen molar-refractivity contribution in [2.75, 3.05) is 26.0 Å². The second-order valence-electron chi connectivity index (χ2n) is 8.07. The Morgan fingerprint density at radius 2 is 2.07 bits per heavy atom. The third kappa shape index (κ3) is 7.67. The average molecular weight is 497 g/mol. The molecule has 0 radical (unpaired) electrons. The molecule has 1 aromatic carbocycles. The van der Waals surface area contributed by atoms with Gasteiger partial charge in [0, 0.05) is 23.4 Å². The van der Waals surface area contributed by atoms with E-state index in [1.807, 2.05) is 0 Å². The quantitative estimate of drug-likeness (QED) is 0.102. The van der Waals surface area contributed by atoms with Gasteiger partial charge in [0.25, 0.3) is 0 Å². The number of allylic oxidation sites excluding steroid dienone is 2. The number of benzene rings is 1. The normalized spacial score (nSPS) is 17.5. The van der Waals surface area contributed by atoms with Crippen LogP contribution in [0.25, 0.3) is 0 Å². The van der Waals surface area contributed by atoms with Crippen LogP contribution >= 0.6 is 24.4 Å². The van der Waals surface area contributed by atoms with E-state index < -0.39 is 8.45 Å². The fourth-order valence-corrected chi connectivity index (χ4v) is 5.49. The Labute approximate surface area is 193 Å². The molecule has 30 heavy (non-hydrogen) atoms. The Balaban J connectivity index is 2.48. The topological polar surface area (TPSA) is 33.7 Å². The third-order valence-electron chi connectivity index (χ3n) is 5.28. The average Bonchev–Trinajstić information content (AvgIpc) is 2.71. The summed E-state index contributed by atoms with van der Waals surface area (Å²) >= 11 is 3.51. The second-order valence-corrected chi connectivity index (χ2v) is 10.7. The predicted octanol–water partition coefficient (Wildman–Crippen LogP) is 7.31. The lowest BCUT2D eigenvalue weighted by Crippen LogP contribution is -2.23. The number of hydrogen-bond donors (Lipinski definition) is 1. The summed E-state index contributed by atoms with van der Waals surface area (Å²) in [6.07, 6.45) is 12.1. The maximum absolute atomic E-state index is 6.65. The number of nitrogens with one attached hydrogen (secondary N) is 1. The van der Waals surface area contributed by atoms with Crippen molar-refractivity contribution in [3.63, 3.8) is 0 Å². The number of aryl methyl sites for hydroxylation is 1. The van der Waals surface area contributed by atoms with Crippen LogP contribution in [0.2, 0.25) is 0 Å². The van der Waals surface area contributed by atoms with Crippen molar-refractivity contribution in [3.8, 4) is 11.5 Å². The van der Waals surface area contributed by atoms with Crippen LogP contribution in [0.3, 0.4) is 0 Å². The van der Waals surface area contributed by atoms with E-state index in [0.717, 1.165) is 41.8 Å². The molecule has 1 aliphatic rings. The Morgan fingerprint density at radius 3 is 2.70 bits per heavy atom. The van der Waals surface area contributed by atoms with Gasteiger partial charge in [0.2, 0.25) is 8.45 Å². The molecule has 0 saturated carbocycles. The molecule has 0 amide bonds. The number of halogens is 1. The van der Waals surface area contributed by atoms with Crippen molar-refractivity contribution in [1.82, 2.24) is 9.76 Å². The predicted molar refractivity (Wildman–Crippen MR) is 134 cm³/mol. The molecule has 0 heterocycles. The van der Waals surface area contributed by atoms with E-state index in [0.29, 0.717) is 5.92 Å². The molecule has 0 saturated heterocycles. The standard InChI is InChI=1S/C24H38BrN2O2P/c1-6-8-9-12-20-17-22(28-7-2)24(21-13-10-11-19(3)16-21)23(18-20)29-30(27(4)5)26-15-14-25/h7,16-18,21,26H,2,6,8-15H2,1,3-5H3/t21-,30?/m0/s1. The molecular formula is C24H38BrN2O2P. The number of unbranched alkanes of at least 4 members (excludes halogenated alkanes) is 2. The molecule has 1 N–H and O–H groups in total. The fraction of sp³-hybridized carbons (Fsp3) is 0.583. The van der Waals surface area contributed by atoms with Crippen LogP contribution in [0.1, 0.15) is 69.4 Å². The molecule has 0 aromatic heterocycles. The van der Waals surface area contributed by atoms with Gasteiger partial charge in [-0.3, -0.25) is 0 Å². The zero-order chi connectivity index (χ0) is 21.9. The minimum atomic E-state index is -0.949. The van der Waals surface area contributed by atoms with Gasteiger partial charge in [0.05, 0.1) is 6.26 Å². The Morgan fingerprint density at radius 1 is 1.30 bits per heavy atom. The lowest BCUT2D eigenvalue weighted by atomic mass is 9.84. The van der Waals surface area contributed by atoms with Gasteiger partial charge in [-0.1, -0.05) is 53.9 Å². The van der Waals surface area contributed by atoms with Gasteiger partial charge in [-0.05, 0) is 70.8 Å². The van der Waals surface area contributed by atoms with E-state index in [1.54, 1.807) is 0 Å². The van der Waals surface area contributed by atoms with Crippen molar-refractivity contribution < 1.29 is 9.26 Å². The Bertz CT molecular complexity index is 709. The first-order valence-electron chi connectivity index (χ1n) is 11.1. The number of ether oxygens (including phenoxy) is 1. The summed E-state index contributed by atoms with van der Waals surface area (Å²) in [5.41, 5.74) is 3.87. The highest BCUT2D eigenvalue weighted by Crippen LogP contribution is 2.47. The summed E-state index contributed by atoms with van der Waals surface area (Å²) in [4.78, 5) is 0. The van der Waals surface area contributed by atoms with Crippen LogP contribution in [0, 0.1) is 0 Å². The van der Waals surface area contributed by atoms with Gasteiger partial charge in [0.15, 0.2) is 0 Å². The SMILES string of the molecule is C=COc1cc(CCCCC)cc(OP(NCCBr)N(C)C)c1[C@@H]1C=C(C)CCC1. The summed E-state index contributed by atoms with van der Waals surface area (Å²) in [7, 11) is 3.17. The van der Waals surface area contributed by atoms with Crippen LogP contribution in [-0.4, -0.2) is 30.6 Å². The molecule has 1 aliphatic carbocycles. The van der Waals surface area contributed by atoms with Crippen molar-refractivity contribution in [1.29, 1.82) is 0 Å². The molecule has 2 rings (SSSR count). The summed E-state index contributed by atoms with van der Waals surface area (Å²) in [5, 5.41) is 4.42.